The average molecular weight is 395 g/mol. The first-order valence-electron chi connectivity index (χ1n) is 10.2. The number of aliphatic carboxylic acids is 1. The molecular formula is C22H38N2O4. The molecule has 160 valence electrons. The van der Waals surface area contributed by atoms with Crippen LogP contribution in [0.15, 0.2) is 25.3 Å². The Balaban J connectivity index is 4.56. The van der Waals surface area contributed by atoms with Crippen LogP contribution in [0.5, 0.6) is 0 Å². The third-order valence-corrected chi connectivity index (χ3v) is 4.65. The van der Waals surface area contributed by atoms with Crippen LogP contribution in [0.3, 0.4) is 0 Å². The number of carboxylic acids is 1. The van der Waals surface area contributed by atoms with Crippen molar-refractivity contribution in [2.24, 2.45) is 11.8 Å². The molecule has 0 aromatic rings. The fourth-order valence-electron chi connectivity index (χ4n) is 3.03. The summed E-state index contributed by atoms with van der Waals surface area (Å²) < 4.78 is 0. The number of amides is 2. The number of carboxylic acid groups (broad SMARTS) is 1. The lowest BCUT2D eigenvalue weighted by Crippen LogP contribution is -2.40. The molecule has 0 aliphatic rings. The molecule has 0 radical (unpaired) electrons. The smallest absolute Gasteiger partial charge is 0.304 e. The summed E-state index contributed by atoms with van der Waals surface area (Å²) in [6, 6.07) is 0.129. The van der Waals surface area contributed by atoms with Gasteiger partial charge in [-0.05, 0) is 51.9 Å². The number of hydrogen-bond donors (Lipinski definition) is 2. The van der Waals surface area contributed by atoms with Gasteiger partial charge in [-0.3, -0.25) is 14.4 Å². The number of rotatable bonds is 16. The SMILES string of the molecule is C=CCCC[C@H](CC(=O)O)C(=O)NC[C@@H](C)CC(=O)N(CCCC=C)C(C)C. The summed E-state index contributed by atoms with van der Waals surface area (Å²) in [6.45, 7) is 14.3. The Morgan fingerprint density at radius 2 is 1.64 bits per heavy atom. The van der Waals surface area contributed by atoms with Crippen LogP contribution in [-0.4, -0.2) is 46.9 Å². The number of hydrogen-bond acceptors (Lipinski definition) is 3. The van der Waals surface area contributed by atoms with E-state index in [9.17, 15) is 14.4 Å². The third-order valence-electron chi connectivity index (χ3n) is 4.65. The minimum atomic E-state index is -0.978. The zero-order valence-corrected chi connectivity index (χ0v) is 17.8. The van der Waals surface area contributed by atoms with Gasteiger partial charge in [0.25, 0.3) is 0 Å². The second kappa shape index (κ2) is 14.9. The molecule has 6 heteroatoms. The zero-order valence-electron chi connectivity index (χ0n) is 17.8. The van der Waals surface area contributed by atoms with Crippen molar-refractivity contribution in [2.75, 3.05) is 13.1 Å². The van der Waals surface area contributed by atoms with Crippen molar-refractivity contribution >= 4 is 17.8 Å². The van der Waals surface area contributed by atoms with Gasteiger partial charge in [0.2, 0.25) is 11.8 Å². The highest BCUT2D eigenvalue weighted by atomic mass is 16.4. The summed E-state index contributed by atoms with van der Waals surface area (Å²) in [7, 11) is 0. The van der Waals surface area contributed by atoms with Gasteiger partial charge in [0.05, 0.1) is 6.42 Å². The first-order chi connectivity index (χ1) is 13.2. The van der Waals surface area contributed by atoms with Crippen molar-refractivity contribution in [3.8, 4) is 0 Å². The number of carbonyl (C=O) groups excluding carboxylic acids is 2. The van der Waals surface area contributed by atoms with Gasteiger partial charge in [0.1, 0.15) is 0 Å². The molecule has 0 bridgehead atoms. The van der Waals surface area contributed by atoms with Crippen molar-refractivity contribution in [3.63, 3.8) is 0 Å². The molecule has 0 aliphatic carbocycles. The van der Waals surface area contributed by atoms with E-state index in [1.54, 1.807) is 6.08 Å². The maximum Gasteiger partial charge on any atom is 0.304 e. The van der Waals surface area contributed by atoms with Gasteiger partial charge in [-0.15, -0.1) is 13.2 Å². The summed E-state index contributed by atoms with van der Waals surface area (Å²) in [4.78, 5) is 37.8. The summed E-state index contributed by atoms with van der Waals surface area (Å²) in [5.74, 6) is -1.72. The molecule has 6 nitrogen and oxygen atoms in total. The van der Waals surface area contributed by atoms with E-state index in [-0.39, 0.29) is 30.2 Å². The number of nitrogens with zero attached hydrogens (tertiary/aromatic N) is 1. The van der Waals surface area contributed by atoms with Gasteiger partial charge in [0, 0.05) is 31.5 Å². The molecule has 0 unspecified atom stereocenters. The topological polar surface area (TPSA) is 86.7 Å². The third kappa shape index (κ3) is 11.6. The molecule has 0 fully saturated rings. The second-order valence-electron chi connectivity index (χ2n) is 7.68. The molecule has 2 atom stereocenters. The highest BCUT2D eigenvalue weighted by Gasteiger charge is 2.23. The monoisotopic (exact) mass is 394 g/mol. The lowest BCUT2D eigenvalue weighted by molar-refractivity contribution is -0.141. The van der Waals surface area contributed by atoms with Crippen LogP contribution in [0.1, 0.15) is 65.7 Å². The molecule has 0 saturated carbocycles. The Morgan fingerprint density at radius 3 is 2.18 bits per heavy atom. The lowest BCUT2D eigenvalue weighted by Gasteiger charge is -2.28. The van der Waals surface area contributed by atoms with Crippen LogP contribution in [0, 0.1) is 11.8 Å². The summed E-state index contributed by atoms with van der Waals surface area (Å²) in [6.07, 6.45) is 7.55. The Bertz CT molecular complexity index is 517. The molecule has 28 heavy (non-hydrogen) atoms. The van der Waals surface area contributed by atoms with E-state index in [4.69, 9.17) is 5.11 Å². The molecule has 0 aromatic heterocycles. The Hall–Kier alpha value is -2.11. The van der Waals surface area contributed by atoms with E-state index >= 15 is 0 Å². The minimum Gasteiger partial charge on any atom is -0.481 e. The summed E-state index contributed by atoms with van der Waals surface area (Å²) >= 11 is 0. The van der Waals surface area contributed by atoms with E-state index in [0.717, 1.165) is 25.7 Å². The molecule has 0 aromatic carbocycles. The molecule has 0 spiro atoms. The molecule has 0 saturated heterocycles. The van der Waals surface area contributed by atoms with Crippen LogP contribution >= 0.6 is 0 Å². The molecule has 0 heterocycles. The van der Waals surface area contributed by atoms with E-state index in [1.165, 1.54) is 0 Å². The number of allylic oxidation sites excluding steroid dienone is 2. The van der Waals surface area contributed by atoms with Crippen LogP contribution in [0.4, 0.5) is 0 Å². The van der Waals surface area contributed by atoms with Gasteiger partial charge in [0.15, 0.2) is 0 Å². The fraction of sp³-hybridized carbons (Fsp3) is 0.682. The lowest BCUT2D eigenvalue weighted by atomic mass is 9.97. The number of carbonyl (C=O) groups is 3. The molecule has 2 N–H and O–H groups in total. The molecule has 0 aliphatic heterocycles. The number of nitrogens with one attached hydrogen (secondary N) is 1. The molecular weight excluding hydrogens is 356 g/mol. The first kappa shape index (κ1) is 25.9. The summed E-state index contributed by atoms with van der Waals surface area (Å²) in [5, 5.41) is 11.9. The maximum atomic E-state index is 12.6. The van der Waals surface area contributed by atoms with Crippen molar-refractivity contribution in [1.82, 2.24) is 10.2 Å². The number of unbranched alkanes of at least 4 members (excludes halogenated alkanes) is 2. The average Bonchev–Trinajstić information content (AvgIpc) is 2.61. The van der Waals surface area contributed by atoms with Crippen molar-refractivity contribution in [3.05, 3.63) is 25.3 Å². The van der Waals surface area contributed by atoms with Crippen molar-refractivity contribution in [1.29, 1.82) is 0 Å². The van der Waals surface area contributed by atoms with E-state index < -0.39 is 11.9 Å². The van der Waals surface area contributed by atoms with Gasteiger partial charge >= 0.3 is 5.97 Å². The summed E-state index contributed by atoms with van der Waals surface area (Å²) in [5.41, 5.74) is 0. The van der Waals surface area contributed by atoms with E-state index in [1.807, 2.05) is 31.7 Å². The highest BCUT2D eigenvalue weighted by molar-refractivity contribution is 5.83. The fourth-order valence-corrected chi connectivity index (χ4v) is 3.03. The Morgan fingerprint density at radius 1 is 1.04 bits per heavy atom. The van der Waals surface area contributed by atoms with Crippen LogP contribution in [0.2, 0.25) is 0 Å². The predicted molar refractivity (Wildman–Crippen MR) is 113 cm³/mol. The maximum absolute atomic E-state index is 12.6. The predicted octanol–water partition coefficient (Wildman–Crippen LogP) is 3.78. The van der Waals surface area contributed by atoms with Crippen LogP contribution in [0.25, 0.3) is 0 Å². The quantitative estimate of drug-likeness (QED) is 0.308. The van der Waals surface area contributed by atoms with Crippen molar-refractivity contribution in [2.45, 2.75) is 71.8 Å². The van der Waals surface area contributed by atoms with Gasteiger partial charge in [-0.25, -0.2) is 0 Å². The Labute approximate surface area is 170 Å². The normalized spacial score (nSPS) is 12.9. The van der Waals surface area contributed by atoms with E-state index in [0.29, 0.717) is 25.9 Å². The van der Waals surface area contributed by atoms with Gasteiger partial charge < -0.3 is 15.3 Å². The standard InChI is InChI=1S/C22H38N2O4/c1-6-8-10-12-19(15-21(26)27)22(28)23-16-18(5)14-20(25)24(17(3)4)13-11-9-7-2/h6-7,17-19H,1-2,8-16H2,3-5H3,(H,23,28)(H,26,27)/t18-,19+/m0/s1. The van der Waals surface area contributed by atoms with Gasteiger partial charge in [-0.1, -0.05) is 19.1 Å². The largest absolute Gasteiger partial charge is 0.481 e. The molecule has 2 amide bonds. The van der Waals surface area contributed by atoms with Crippen LogP contribution in [-0.2, 0) is 14.4 Å². The Kier molecular flexibility index (Phi) is 13.8. The molecule has 0 rings (SSSR count). The van der Waals surface area contributed by atoms with Gasteiger partial charge in [-0.2, -0.15) is 0 Å². The highest BCUT2D eigenvalue weighted by Crippen LogP contribution is 2.15. The zero-order chi connectivity index (χ0) is 21.5. The van der Waals surface area contributed by atoms with E-state index in [2.05, 4.69) is 18.5 Å². The minimum absolute atomic E-state index is 0.0178. The second-order valence-corrected chi connectivity index (χ2v) is 7.68. The van der Waals surface area contributed by atoms with Crippen molar-refractivity contribution < 1.29 is 19.5 Å². The first-order valence-corrected chi connectivity index (χ1v) is 10.2. The van der Waals surface area contributed by atoms with Crippen LogP contribution < -0.4 is 5.32 Å².